The molecule has 1 aliphatic rings. The van der Waals surface area contributed by atoms with Crippen molar-refractivity contribution in [3.8, 4) is 17.6 Å². The van der Waals surface area contributed by atoms with Crippen LogP contribution >= 0.6 is 0 Å². The van der Waals surface area contributed by atoms with Crippen LogP contribution < -0.4 is 15.6 Å². The van der Waals surface area contributed by atoms with Crippen molar-refractivity contribution in [2.75, 3.05) is 26.7 Å². The summed E-state index contributed by atoms with van der Waals surface area (Å²) in [4.78, 5) is 35.9. The van der Waals surface area contributed by atoms with Gasteiger partial charge in [-0.25, -0.2) is 13.8 Å². The van der Waals surface area contributed by atoms with Gasteiger partial charge in [0.25, 0.3) is 11.5 Å². The number of benzene rings is 2. The predicted octanol–water partition coefficient (Wildman–Crippen LogP) is 2.98. The maximum Gasteiger partial charge on any atom is 0.266 e. The predicted molar refractivity (Wildman–Crippen MR) is 141 cm³/mol. The first-order chi connectivity index (χ1) is 18.9. The number of fused-ring (bicyclic) bond motifs is 1. The second kappa shape index (κ2) is 11.4. The van der Waals surface area contributed by atoms with E-state index >= 15 is 0 Å². The summed E-state index contributed by atoms with van der Waals surface area (Å²) in [6, 6.07) is 10.8. The van der Waals surface area contributed by atoms with Gasteiger partial charge in [-0.2, -0.15) is 0 Å². The highest BCUT2D eigenvalue weighted by molar-refractivity contribution is 5.93. The van der Waals surface area contributed by atoms with E-state index in [-0.39, 0.29) is 24.8 Å². The van der Waals surface area contributed by atoms with E-state index in [0.29, 0.717) is 5.56 Å². The Labute approximate surface area is 223 Å². The fourth-order valence-corrected chi connectivity index (χ4v) is 4.39. The van der Waals surface area contributed by atoms with Crippen molar-refractivity contribution in [1.29, 1.82) is 0 Å². The molecule has 0 aliphatic carbocycles. The molecule has 2 aromatic carbocycles. The summed E-state index contributed by atoms with van der Waals surface area (Å²) in [5, 5.41) is 3.46. The van der Waals surface area contributed by atoms with Crippen LogP contribution in [0, 0.1) is 23.5 Å². The van der Waals surface area contributed by atoms with Crippen LogP contribution in [0.15, 0.2) is 66.0 Å². The zero-order valence-electron chi connectivity index (χ0n) is 21.2. The lowest BCUT2D eigenvalue weighted by atomic mass is 10.1. The molecule has 0 radical (unpaired) electrons. The van der Waals surface area contributed by atoms with Crippen molar-refractivity contribution in [3.63, 3.8) is 0 Å². The van der Waals surface area contributed by atoms with Gasteiger partial charge >= 0.3 is 0 Å². The highest BCUT2D eigenvalue weighted by atomic mass is 19.2. The van der Waals surface area contributed by atoms with E-state index in [1.807, 2.05) is 24.3 Å². The largest absolute Gasteiger partial charge is 0.488 e. The number of nitrogens with one attached hydrogen (secondary N) is 1. The highest BCUT2D eigenvalue weighted by Crippen LogP contribution is 2.27. The minimum Gasteiger partial charge on any atom is -0.488 e. The molecule has 4 aromatic rings. The van der Waals surface area contributed by atoms with Crippen molar-refractivity contribution < 1.29 is 18.3 Å². The molecule has 1 unspecified atom stereocenters. The van der Waals surface area contributed by atoms with Crippen LogP contribution in [0.2, 0.25) is 0 Å². The molecule has 1 N–H and O–H groups in total. The Morgan fingerprint density at radius 1 is 1.18 bits per heavy atom. The van der Waals surface area contributed by atoms with E-state index in [4.69, 9.17) is 4.74 Å². The lowest BCUT2D eigenvalue weighted by molar-refractivity contribution is 0.0956. The first kappa shape index (κ1) is 26.0. The van der Waals surface area contributed by atoms with Gasteiger partial charge in [-0.3, -0.25) is 19.1 Å². The molecule has 198 valence electrons. The summed E-state index contributed by atoms with van der Waals surface area (Å²) in [6.07, 6.45) is 5.21. The van der Waals surface area contributed by atoms with Crippen LogP contribution in [-0.4, -0.2) is 58.1 Å². The van der Waals surface area contributed by atoms with Crippen LogP contribution in [0.3, 0.4) is 0 Å². The lowest BCUT2D eigenvalue weighted by Gasteiger charge is -2.15. The molecule has 1 aliphatic heterocycles. The van der Waals surface area contributed by atoms with E-state index in [2.05, 4.69) is 39.1 Å². The Bertz CT molecular complexity index is 1660. The monoisotopic (exact) mass is 529 g/mol. The molecule has 8 nitrogen and oxygen atoms in total. The van der Waals surface area contributed by atoms with Gasteiger partial charge in [0.2, 0.25) is 0 Å². The number of ether oxygens (including phenoxy) is 1. The van der Waals surface area contributed by atoms with Crippen molar-refractivity contribution in [2.45, 2.75) is 19.1 Å². The fourth-order valence-electron chi connectivity index (χ4n) is 4.39. The minimum absolute atomic E-state index is 0.000810. The molecule has 0 saturated carbocycles. The first-order valence-electron chi connectivity index (χ1n) is 12.4. The summed E-state index contributed by atoms with van der Waals surface area (Å²) in [7, 11) is 2.07. The molecule has 2 aromatic heterocycles. The number of rotatable bonds is 6. The molecule has 1 amide bonds. The number of pyridine rings is 1. The normalized spacial score (nSPS) is 15.1. The third-order valence-corrected chi connectivity index (χ3v) is 6.40. The minimum atomic E-state index is -1.02. The topological polar surface area (TPSA) is 89.3 Å². The lowest BCUT2D eigenvalue weighted by Crippen LogP contribution is -2.33. The van der Waals surface area contributed by atoms with Gasteiger partial charge in [0, 0.05) is 36.4 Å². The first-order valence-corrected chi connectivity index (χ1v) is 12.4. The van der Waals surface area contributed by atoms with Crippen LogP contribution in [0.4, 0.5) is 8.78 Å². The maximum absolute atomic E-state index is 13.5. The van der Waals surface area contributed by atoms with Crippen LogP contribution in [0.25, 0.3) is 10.9 Å². The number of aromatic nitrogens is 3. The molecule has 1 saturated heterocycles. The summed E-state index contributed by atoms with van der Waals surface area (Å²) in [5.74, 6) is 4.03. The maximum atomic E-state index is 13.5. The van der Waals surface area contributed by atoms with Gasteiger partial charge in [-0.15, -0.1) is 0 Å². The molecule has 39 heavy (non-hydrogen) atoms. The molecule has 1 fully saturated rings. The number of nitrogens with zero attached hydrogens (tertiary/aromatic N) is 4. The molecular formula is C29H25F2N5O3. The number of hydrogen-bond acceptors (Lipinski definition) is 6. The molecule has 0 bridgehead atoms. The van der Waals surface area contributed by atoms with Crippen LogP contribution in [0.1, 0.15) is 27.9 Å². The number of hydrogen-bond donors (Lipinski definition) is 1. The molecule has 0 spiro atoms. The van der Waals surface area contributed by atoms with Crippen molar-refractivity contribution in [1.82, 2.24) is 24.8 Å². The Hall–Kier alpha value is -4.62. The number of carbonyl (C=O) groups excluding carboxylic acids is 1. The van der Waals surface area contributed by atoms with Crippen LogP contribution in [-0.2, 0) is 6.54 Å². The molecule has 5 rings (SSSR count). The van der Waals surface area contributed by atoms with Crippen LogP contribution in [0.5, 0.6) is 5.75 Å². The summed E-state index contributed by atoms with van der Waals surface area (Å²) in [5.41, 5.74) is 1.10. The highest BCUT2D eigenvalue weighted by Gasteiger charge is 2.21. The number of likely N-dealkylation sites (tertiary alicyclic amines) is 1. The van der Waals surface area contributed by atoms with Gasteiger partial charge in [-0.05, 0) is 55.4 Å². The standard InChI is InChI=1S/C29H25F2N5O3/c1-35-12-9-21(17-35)39-27-8-11-33-26-7-5-19(13-22(26)27)3-2-10-34-28(37)23-15-32-18-36(29(23)38)16-20-4-6-24(30)25(31)14-20/h4-8,11,13-15,18,21H,9-10,12,16-17H2,1H3,(H,34,37). The van der Waals surface area contributed by atoms with Gasteiger partial charge in [0.1, 0.15) is 17.4 Å². The zero-order chi connectivity index (χ0) is 27.4. The van der Waals surface area contributed by atoms with E-state index in [1.165, 1.54) is 12.4 Å². The number of carbonyl (C=O) groups is 1. The average molecular weight is 530 g/mol. The number of halogens is 2. The summed E-state index contributed by atoms with van der Waals surface area (Å²) in [6.45, 7) is 1.80. The fraction of sp³-hybridized carbons (Fsp3) is 0.241. The third-order valence-electron chi connectivity index (χ3n) is 6.40. The van der Waals surface area contributed by atoms with Crippen molar-refractivity contribution in [2.24, 2.45) is 0 Å². The van der Waals surface area contributed by atoms with Gasteiger partial charge in [0.05, 0.1) is 24.9 Å². The van der Waals surface area contributed by atoms with Crippen molar-refractivity contribution >= 4 is 16.8 Å². The quantitative estimate of drug-likeness (QED) is 0.387. The molecule has 10 heteroatoms. The SMILES string of the molecule is CN1CCC(Oc2ccnc3ccc(C#CCNC(=O)c4cncn(Cc5ccc(F)c(F)c5)c4=O)cc23)C1. The van der Waals surface area contributed by atoms with E-state index in [0.717, 1.165) is 64.6 Å². The van der Waals surface area contributed by atoms with E-state index in [9.17, 15) is 18.4 Å². The average Bonchev–Trinajstić information content (AvgIpc) is 3.34. The van der Waals surface area contributed by atoms with E-state index < -0.39 is 23.1 Å². The molecule has 3 heterocycles. The number of likely N-dealkylation sites (N-methyl/N-ethyl adjacent to an activating group) is 1. The second-order valence-electron chi connectivity index (χ2n) is 9.31. The third kappa shape index (κ3) is 6.10. The zero-order valence-corrected chi connectivity index (χ0v) is 21.2. The summed E-state index contributed by atoms with van der Waals surface area (Å²) < 4.78 is 34.1. The van der Waals surface area contributed by atoms with Gasteiger partial charge in [-0.1, -0.05) is 17.9 Å². The summed E-state index contributed by atoms with van der Waals surface area (Å²) >= 11 is 0. The Morgan fingerprint density at radius 3 is 2.85 bits per heavy atom. The molecule has 1 atom stereocenters. The van der Waals surface area contributed by atoms with Gasteiger partial charge in [0.15, 0.2) is 11.6 Å². The number of amides is 1. The Balaban J connectivity index is 1.25. The van der Waals surface area contributed by atoms with Crippen molar-refractivity contribution in [3.05, 3.63) is 99.9 Å². The van der Waals surface area contributed by atoms with E-state index in [1.54, 1.807) is 6.20 Å². The second-order valence-corrected chi connectivity index (χ2v) is 9.31. The van der Waals surface area contributed by atoms with Gasteiger partial charge < -0.3 is 15.0 Å². The Kier molecular flexibility index (Phi) is 7.61. The Morgan fingerprint density at radius 2 is 2.05 bits per heavy atom. The smallest absolute Gasteiger partial charge is 0.266 e. The molecular weight excluding hydrogens is 504 g/mol.